The van der Waals surface area contributed by atoms with Crippen molar-refractivity contribution in [3.63, 3.8) is 0 Å². The topological polar surface area (TPSA) is 65.1 Å². The fourth-order valence-corrected chi connectivity index (χ4v) is 4.15. The molecule has 2 atom stereocenters. The smallest absolute Gasteiger partial charge is 0.253 e. The zero-order valence-corrected chi connectivity index (χ0v) is 14.5. The van der Waals surface area contributed by atoms with E-state index in [-0.39, 0.29) is 5.91 Å². The maximum Gasteiger partial charge on any atom is 0.253 e. The third-order valence-corrected chi connectivity index (χ3v) is 5.44. The number of rotatable bonds is 4. The number of likely N-dealkylation sites (tertiary alicyclic amines) is 2. The third kappa shape index (κ3) is 3.74. The first-order valence-electron chi connectivity index (χ1n) is 9.21. The number of H-pyrrole nitrogens is 1. The van der Waals surface area contributed by atoms with Crippen molar-refractivity contribution in [1.82, 2.24) is 25.0 Å². The maximum absolute atomic E-state index is 12.6. The molecule has 0 radical (unpaired) electrons. The minimum atomic E-state index is 0.168. The zero-order chi connectivity index (χ0) is 17.1. The third-order valence-electron chi connectivity index (χ3n) is 5.44. The Morgan fingerprint density at radius 3 is 2.84 bits per heavy atom. The first-order chi connectivity index (χ1) is 12.3. The number of aromatic amines is 1. The molecule has 2 fully saturated rings. The lowest BCUT2D eigenvalue weighted by Gasteiger charge is -2.33. The van der Waals surface area contributed by atoms with Crippen molar-refractivity contribution in [1.29, 1.82) is 0 Å². The summed E-state index contributed by atoms with van der Waals surface area (Å²) in [7, 11) is 0. The molecule has 6 nitrogen and oxygen atoms in total. The Balaban J connectivity index is 1.31. The van der Waals surface area contributed by atoms with E-state index in [2.05, 4.69) is 20.1 Å². The molecule has 1 N–H and O–H groups in total. The van der Waals surface area contributed by atoms with Crippen LogP contribution >= 0.6 is 0 Å². The van der Waals surface area contributed by atoms with E-state index in [1.807, 2.05) is 35.2 Å². The summed E-state index contributed by atoms with van der Waals surface area (Å²) in [6.07, 6.45) is 5.07. The lowest BCUT2D eigenvalue weighted by molar-refractivity contribution is 0.0781. The van der Waals surface area contributed by atoms with Crippen molar-refractivity contribution in [2.75, 3.05) is 32.7 Å². The van der Waals surface area contributed by atoms with Crippen molar-refractivity contribution >= 4 is 5.91 Å². The number of aromatic nitrogens is 3. The Bertz CT molecular complexity index is 687. The van der Waals surface area contributed by atoms with E-state index in [1.54, 1.807) is 6.33 Å². The zero-order valence-electron chi connectivity index (χ0n) is 14.5. The van der Waals surface area contributed by atoms with E-state index < -0.39 is 0 Å². The summed E-state index contributed by atoms with van der Waals surface area (Å²) >= 11 is 0. The molecule has 1 amide bonds. The molecular formula is C19H25N5O. The van der Waals surface area contributed by atoms with Crippen LogP contribution in [-0.4, -0.2) is 63.6 Å². The van der Waals surface area contributed by atoms with Gasteiger partial charge in [0.1, 0.15) is 12.2 Å². The molecule has 1 aromatic heterocycles. The lowest BCUT2D eigenvalue weighted by Crippen LogP contribution is -2.39. The van der Waals surface area contributed by atoms with Crippen molar-refractivity contribution in [3.8, 4) is 0 Å². The second-order valence-corrected chi connectivity index (χ2v) is 7.24. The number of benzene rings is 1. The minimum Gasteiger partial charge on any atom is -0.338 e. The Labute approximate surface area is 148 Å². The molecule has 3 heterocycles. The molecule has 0 saturated carbocycles. The van der Waals surface area contributed by atoms with Gasteiger partial charge in [-0.05, 0) is 43.9 Å². The molecule has 2 aliphatic rings. The summed E-state index contributed by atoms with van der Waals surface area (Å²) in [5.41, 5.74) is 0.798. The van der Waals surface area contributed by atoms with Crippen LogP contribution in [0.4, 0.5) is 0 Å². The number of nitrogens with zero attached hydrogens (tertiary/aromatic N) is 4. The lowest BCUT2D eigenvalue weighted by atomic mass is 9.96. The van der Waals surface area contributed by atoms with Crippen LogP contribution in [0.5, 0.6) is 0 Å². The van der Waals surface area contributed by atoms with Crippen molar-refractivity contribution in [2.24, 2.45) is 5.92 Å². The molecule has 2 aromatic rings. The molecule has 4 rings (SSSR count). The Morgan fingerprint density at radius 1 is 1.16 bits per heavy atom. The van der Waals surface area contributed by atoms with Crippen molar-refractivity contribution in [3.05, 3.63) is 48.0 Å². The minimum absolute atomic E-state index is 0.168. The molecule has 0 aliphatic carbocycles. The number of carbonyl (C=O) groups excluding carboxylic acids is 1. The Kier molecular flexibility index (Phi) is 4.78. The predicted molar refractivity (Wildman–Crippen MR) is 95.3 cm³/mol. The van der Waals surface area contributed by atoms with E-state index in [0.717, 1.165) is 50.5 Å². The van der Waals surface area contributed by atoms with Gasteiger partial charge in [-0.15, -0.1) is 0 Å². The fraction of sp³-hybridized carbons (Fsp3) is 0.526. The molecule has 0 bridgehead atoms. The van der Waals surface area contributed by atoms with Crippen LogP contribution in [0.15, 0.2) is 36.7 Å². The second-order valence-electron chi connectivity index (χ2n) is 7.24. The van der Waals surface area contributed by atoms with E-state index in [9.17, 15) is 4.79 Å². The van der Waals surface area contributed by atoms with Gasteiger partial charge >= 0.3 is 0 Å². The van der Waals surface area contributed by atoms with Gasteiger partial charge in [0, 0.05) is 37.7 Å². The van der Waals surface area contributed by atoms with Crippen LogP contribution in [0.1, 0.15) is 41.4 Å². The first kappa shape index (κ1) is 16.3. The molecule has 1 aromatic carbocycles. The molecule has 2 aliphatic heterocycles. The molecule has 6 heteroatoms. The van der Waals surface area contributed by atoms with E-state index in [0.29, 0.717) is 11.8 Å². The highest BCUT2D eigenvalue weighted by Gasteiger charge is 2.30. The van der Waals surface area contributed by atoms with Crippen LogP contribution in [0.2, 0.25) is 0 Å². The summed E-state index contributed by atoms with van der Waals surface area (Å²) in [6, 6.07) is 9.62. The Hall–Kier alpha value is -2.21. The van der Waals surface area contributed by atoms with E-state index in [4.69, 9.17) is 0 Å². The molecule has 2 saturated heterocycles. The van der Waals surface area contributed by atoms with Gasteiger partial charge in [-0.3, -0.25) is 9.89 Å². The van der Waals surface area contributed by atoms with Crippen LogP contribution < -0.4 is 0 Å². The SMILES string of the molecule is O=C(c1ccccc1)N1CC[C@H](CN2CCC[C@@H](c3ncn[nH]3)C2)C1. The molecule has 25 heavy (non-hydrogen) atoms. The van der Waals surface area contributed by atoms with Crippen molar-refractivity contribution < 1.29 is 4.79 Å². The van der Waals surface area contributed by atoms with Gasteiger partial charge in [0.15, 0.2) is 0 Å². The molecular weight excluding hydrogens is 314 g/mol. The van der Waals surface area contributed by atoms with Gasteiger partial charge in [0.2, 0.25) is 0 Å². The number of carbonyl (C=O) groups is 1. The number of nitrogens with one attached hydrogen (secondary N) is 1. The molecule has 0 spiro atoms. The largest absolute Gasteiger partial charge is 0.338 e. The summed E-state index contributed by atoms with van der Waals surface area (Å²) in [5, 5.41) is 7.01. The van der Waals surface area contributed by atoms with E-state index in [1.165, 1.54) is 12.8 Å². The number of amides is 1. The highest BCUT2D eigenvalue weighted by atomic mass is 16.2. The molecule has 0 unspecified atom stereocenters. The standard InChI is InChI=1S/C19H25N5O/c25-19(16-5-2-1-3-6-16)24-10-8-15(12-24)11-23-9-4-7-17(13-23)18-20-14-21-22-18/h1-3,5-6,14-15,17H,4,7-13H2,(H,20,21,22)/t15-,17-/m1/s1. The van der Waals surface area contributed by atoms with Crippen LogP contribution in [-0.2, 0) is 0 Å². The summed E-state index contributed by atoms with van der Waals surface area (Å²) in [4.78, 5) is 21.5. The molecule has 132 valence electrons. The quantitative estimate of drug-likeness (QED) is 0.927. The van der Waals surface area contributed by atoms with Gasteiger partial charge in [0.25, 0.3) is 5.91 Å². The van der Waals surface area contributed by atoms with Gasteiger partial charge in [-0.2, -0.15) is 5.10 Å². The second kappa shape index (κ2) is 7.35. The number of hydrogen-bond donors (Lipinski definition) is 1. The van der Waals surface area contributed by atoms with Crippen LogP contribution in [0, 0.1) is 5.92 Å². The number of hydrogen-bond acceptors (Lipinski definition) is 4. The van der Waals surface area contributed by atoms with Crippen LogP contribution in [0.3, 0.4) is 0 Å². The summed E-state index contributed by atoms with van der Waals surface area (Å²) in [5.74, 6) is 2.21. The van der Waals surface area contributed by atoms with Crippen LogP contribution in [0.25, 0.3) is 0 Å². The van der Waals surface area contributed by atoms with E-state index >= 15 is 0 Å². The normalized spacial score (nSPS) is 24.6. The van der Waals surface area contributed by atoms with Gasteiger partial charge in [0.05, 0.1) is 0 Å². The Morgan fingerprint density at radius 2 is 2.04 bits per heavy atom. The van der Waals surface area contributed by atoms with Gasteiger partial charge in [-0.25, -0.2) is 4.98 Å². The number of piperidine rings is 1. The fourth-order valence-electron chi connectivity index (χ4n) is 4.15. The van der Waals surface area contributed by atoms with Gasteiger partial charge < -0.3 is 9.80 Å². The summed E-state index contributed by atoms with van der Waals surface area (Å²) < 4.78 is 0. The monoisotopic (exact) mass is 339 g/mol. The average molecular weight is 339 g/mol. The highest BCUT2D eigenvalue weighted by molar-refractivity contribution is 5.94. The first-order valence-corrected chi connectivity index (χ1v) is 9.21. The average Bonchev–Trinajstić information content (AvgIpc) is 3.34. The summed E-state index contributed by atoms with van der Waals surface area (Å²) in [6.45, 7) is 5.00. The van der Waals surface area contributed by atoms with Crippen molar-refractivity contribution in [2.45, 2.75) is 25.2 Å². The predicted octanol–water partition coefficient (Wildman–Crippen LogP) is 2.15. The van der Waals surface area contributed by atoms with Gasteiger partial charge in [-0.1, -0.05) is 18.2 Å². The maximum atomic E-state index is 12.6. The highest BCUT2D eigenvalue weighted by Crippen LogP contribution is 2.26.